The van der Waals surface area contributed by atoms with Crippen molar-refractivity contribution in [2.45, 2.75) is 33.8 Å². The van der Waals surface area contributed by atoms with Crippen LogP contribution in [-0.4, -0.2) is 17.7 Å². The molecule has 0 spiro atoms. The Labute approximate surface area is 157 Å². The standard InChI is InChI=1S/C19H20Cl2N2O2/c1-11-5-6-15(9-12(11)2)13(3)22-23-19(24)14(4)25-18-8-7-16(20)10-17(18)21/h5-10,14H,1-4H3,(H,23,24)/b22-13+. The molecule has 0 radical (unpaired) electrons. The van der Waals surface area contributed by atoms with Crippen LogP contribution in [0.15, 0.2) is 41.5 Å². The number of amides is 1. The molecule has 2 aromatic carbocycles. The van der Waals surface area contributed by atoms with E-state index in [1.807, 2.05) is 39.0 Å². The second-order valence-electron chi connectivity index (χ2n) is 5.81. The van der Waals surface area contributed by atoms with Crippen molar-refractivity contribution in [3.63, 3.8) is 0 Å². The van der Waals surface area contributed by atoms with Crippen LogP contribution in [0.25, 0.3) is 0 Å². The van der Waals surface area contributed by atoms with E-state index in [1.54, 1.807) is 25.1 Å². The molecule has 1 atom stereocenters. The third-order valence-electron chi connectivity index (χ3n) is 3.83. The summed E-state index contributed by atoms with van der Waals surface area (Å²) in [6.07, 6.45) is -0.755. The minimum Gasteiger partial charge on any atom is -0.479 e. The van der Waals surface area contributed by atoms with Crippen molar-refractivity contribution in [2.24, 2.45) is 5.10 Å². The maximum atomic E-state index is 12.2. The van der Waals surface area contributed by atoms with Gasteiger partial charge < -0.3 is 4.74 Å². The van der Waals surface area contributed by atoms with Gasteiger partial charge in [-0.1, -0.05) is 35.3 Å². The zero-order chi connectivity index (χ0) is 18.6. The Bertz CT molecular complexity index is 819. The zero-order valence-electron chi connectivity index (χ0n) is 14.6. The summed E-state index contributed by atoms with van der Waals surface area (Å²) in [6, 6.07) is 10.9. The first-order valence-electron chi connectivity index (χ1n) is 7.81. The molecule has 1 unspecified atom stereocenters. The number of hydrazone groups is 1. The van der Waals surface area contributed by atoms with E-state index < -0.39 is 6.10 Å². The second kappa shape index (κ2) is 8.37. The van der Waals surface area contributed by atoms with Crippen LogP contribution in [0.2, 0.25) is 10.0 Å². The maximum Gasteiger partial charge on any atom is 0.280 e. The number of hydrogen-bond acceptors (Lipinski definition) is 3. The monoisotopic (exact) mass is 378 g/mol. The molecule has 0 aliphatic rings. The molecule has 1 N–H and O–H groups in total. The molecule has 0 saturated heterocycles. The van der Waals surface area contributed by atoms with Gasteiger partial charge >= 0.3 is 0 Å². The summed E-state index contributed by atoms with van der Waals surface area (Å²) >= 11 is 11.9. The van der Waals surface area contributed by atoms with Crippen LogP contribution in [0.3, 0.4) is 0 Å². The predicted octanol–water partition coefficient (Wildman–Crippen LogP) is 4.92. The van der Waals surface area contributed by atoms with E-state index in [0.717, 1.165) is 5.56 Å². The molecule has 132 valence electrons. The second-order valence-corrected chi connectivity index (χ2v) is 6.65. The highest BCUT2D eigenvalue weighted by Gasteiger charge is 2.16. The molecule has 0 bridgehead atoms. The van der Waals surface area contributed by atoms with E-state index in [-0.39, 0.29) is 5.91 Å². The molecule has 25 heavy (non-hydrogen) atoms. The largest absolute Gasteiger partial charge is 0.479 e. The Morgan fingerprint density at radius 1 is 1.12 bits per heavy atom. The lowest BCUT2D eigenvalue weighted by Crippen LogP contribution is -2.34. The molecule has 4 nitrogen and oxygen atoms in total. The van der Waals surface area contributed by atoms with Crippen LogP contribution in [0.4, 0.5) is 0 Å². The van der Waals surface area contributed by atoms with E-state index in [2.05, 4.69) is 10.5 Å². The Morgan fingerprint density at radius 2 is 1.84 bits per heavy atom. The van der Waals surface area contributed by atoms with Gasteiger partial charge in [-0.25, -0.2) is 5.43 Å². The van der Waals surface area contributed by atoms with E-state index in [1.165, 1.54) is 11.1 Å². The molecule has 0 aliphatic carbocycles. The molecular weight excluding hydrogens is 359 g/mol. The first-order valence-corrected chi connectivity index (χ1v) is 8.57. The molecule has 2 aromatic rings. The molecule has 6 heteroatoms. The molecule has 0 fully saturated rings. The Hall–Kier alpha value is -2.04. The SMILES string of the molecule is C/C(=N\NC(=O)C(C)Oc1ccc(Cl)cc1Cl)c1ccc(C)c(C)c1. The normalized spacial score (nSPS) is 12.6. The molecule has 0 heterocycles. The number of benzene rings is 2. The fourth-order valence-corrected chi connectivity index (χ4v) is 2.53. The summed E-state index contributed by atoms with van der Waals surface area (Å²) in [5.41, 5.74) is 6.58. The number of halogens is 2. The van der Waals surface area contributed by atoms with Gasteiger partial charge in [0.05, 0.1) is 10.7 Å². The van der Waals surface area contributed by atoms with Gasteiger partial charge in [0, 0.05) is 5.02 Å². The van der Waals surface area contributed by atoms with Gasteiger partial charge in [-0.15, -0.1) is 0 Å². The average molecular weight is 379 g/mol. The van der Waals surface area contributed by atoms with Crippen LogP contribution in [0.5, 0.6) is 5.75 Å². The molecule has 0 aromatic heterocycles. The third-order valence-corrected chi connectivity index (χ3v) is 4.36. The van der Waals surface area contributed by atoms with Crippen LogP contribution in [0.1, 0.15) is 30.5 Å². The molecule has 0 saturated carbocycles. The summed E-state index contributed by atoms with van der Waals surface area (Å²) in [5, 5.41) is 5.00. The van der Waals surface area contributed by atoms with Crippen molar-refractivity contribution < 1.29 is 9.53 Å². The summed E-state index contributed by atoms with van der Waals surface area (Å²) in [5.74, 6) is 0.0257. The predicted molar refractivity (Wildman–Crippen MR) is 103 cm³/mol. The Balaban J connectivity index is 2.01. The highest BCUT2D eigenvalue weighted by molar-refractivity contribution is 6.35. The van der Waals surface area contributed by atoms with Gasteiger partial charge in [0.15, 0.2) is 6.10 Å². The minimum absolute atomic E-state index is 0.349. The molecule has 1 amide bonds. The van der Waals surface area contributed by atoms with Crippen LogP contribution < -0.4 is 10.2 Å². The summed E-state index contributed by atoms with van der Waals surface area (Å²) in [4.78, 5) is 12.2. The van der Waals surface area contributed by atoms with Gasteiger partial charge in [-0.2, -0.15) is 5.10 Å². The fraction of sp³-hybridized carbons (Fsp3) is 0.263. The Kier molecular flexibility index (Phi) is 6.45. The van der Waals surface area contributed by atoms with Crippen molar-refractivity contribution in [2.75, 3.05) is 0 Å². The van der Waals surface area contributed by atoms with E-state index in [0.29, 0.717) is 21.5 Å². The van der Waals surface area contributed by atoms with Crippen molar-refractivity contribution in [3.8, 4) is 5.75 Å². The topological polar surface area (TPSA) is 50.7 Å². The van der Waals surface area contributed by atoms with Gasteiger partial charge in [-0.05, 0) is 68.7 Å². The van der Waals surface area contributed by atoms with Crippen molar-refractivity contribution in [1.82, 2.24) is 5.43 Å². The first-order chi connectivity index (χ1) is 11.8. The van der Waals surface area contributed by atoms with E-state index in [9.17, 15) is 4.79 Å². The third kappa shape index (κ3) is 5.21. The lowest BCUT2D eigenvalue weighted by molar-refractivity contribution is -0.127. The average Bonchev–Trinajstić information content (AvgIpc) is 2.57. The lowest BCUT2D eigenvalue weighted by Gasteiger charge is -2.14. The number of aryl methyl sites for hydroxylation is 2. The van der Waals surface area contributed by atoms with E-state index in [4.69, 9.17) is 27.9 Å². The van der Waals surface area contributed by atoms with Crippen molar-refractivity contribution in [3.05, 3.63) is 63.1 Å². The Morgan fingerprint density at radius 3 is 2.48 bits per heavy atom. The van der Waals surface area contributed by atoms with Gasteiger partial charge in [0.2, 0.25) is 0 Å². The molecular formula is C19H20Cl2N2O2. The molecule has 0 aliphatic heterocycles. The highest BCUT2D eigenvalue weighted by atomic mass is 35.5. The quantitative estimate of drug-likeness (QED) is 0.592. The van der Waals surface area contributed by atoms with Crippen LogP contribution in [0, 0.1) is 13.8 Å². The van der Waals surface area contributed by atoms with Gasteiger partial charge in [0.1, 0.15) is 5.75 Å². The number of carbonyl (C=O) groups excluding carboxylic acids is 1. The van der Waals surface area contributed by atoms with Gasteiger partial charge in [0.25, 0.3) is 5.91 Å². The number of ether oxygens (including phenoxy) is 1. The fourth-order valence-electron chi connectivity index (χ4n) is 2.08. The summed E-state index contributed by atoms with van der Waals surface area (Å²) in [7, 11) is 0. The van der Waals surface area contributed by atoms with Crippen LogP contribution in [-0.2, 0) is 4.79 Å². The minimum atomic E-state index is -0.755. The highest BCUT2D eigenvalue weighted by Crippen LogP contribution is 2.28. The van der Waals surface area contributed by atoms with Gasteiger partial charge in [-0.3, -0.25) is 4.79 Å². The zero-order valence-corrected chi connectivity index (χ0v) is 16.1. The maximum absolute atomic E-state index is 12.2. The lowest BCUT2D eigenvalue weighted by atomic mass is 10.0. The van der Waals surface area contributed by atoms with E-state index >= 15 is 0 Å². The number of hydrogen-bond donors (Lipinski definition) is 1. The number of rotatable bonds is 5. The number of nitrogens with one attached hydrogen (secondary N) is 1. The van der Waals surface area contributed by atoms with Crippen molar-refractivity contribution in [1.29, 1.82) is 0 Å². The number of carbonyl (C=O) groups is 1. The number of nitrogens with zero attached hydrogens (tertiary/aromatic N) is 1. The van der Waals surface area contributed by atoms with Crippen LogP contribution >= 0.6 is 23.2 Å². The summed E-state index contributed by atoms with van der Waals surface area (Å²) in [6.45, 7) is 7.55. The summed E-state index contributed by atoms with van der Waals surface area (Å²) < 4.78 is 5.56. The smallest absolute Gasteiger partial charge is 0.280 e. The molecule has 2 rings (SSSR count). The van der Waals surface area contributed by atoms with Crippen molar-refractivity contribution >= 4 is 34.8 Å². The first kappa shape index (κ1) is 19.3.